The molecule has 144 valence electrons. The number of hydrogen-bond acceptors (Lipinski definition) is 3. The first-order valence-electron chi connectivity index (χ1n) is 8.84. The number of carbonyl (C=O) groups excluding carboxylic acids is 1. The van der Waals surface area contributed by atoms with Crippen LogP contribution >= 0.6 is 11.6 Å². The average molecular weight is 396 g/mol. The molecule has 0 aliphatic carbocycles. The smallest absolute Gasteiger partial charge is 0.271 e. The number of hydrazone groups is 1. The molecule has 3 aromatic rings. The Morgan fingerprint density at radius 2 is 1.89 bits per heavy atom. The maximum atomic E-state index is 12.3. The molecule has 1 amide bonds. The number of nitrogens with one attached hydrogen (secondary N) is 1. The van der Waals surface area contributed by atoms with Crippen molar-refractivity contribution in [1.82, 2.24) is 9.99 Å². The Balaban J connectivity index is 1.87. The molecule has 0 radical (unpaired) electrons. The van der Waals surface area contributed by atoms with Crippen LogP contribution in [0, 0.1) is 20.8 Å². The summed E-state index contributed by atoms with van der Waals surface area (Å²) in [6, 6.07) is 14.9. The topological polar surface area (TPSA) is 55.6 Å². The Bertz CT molecular complexity index is 1050. The van der Waals surface area contributed by atoms with Crippen molar-refractivity contribution >= 4 is 23.7 Å². The van der Waals surface area contributed by atoms with E-state index in [1.807, 2.05) is 57.2 Å². The molecule has 0 fully saturated rings. The number of rotatable bonds is 5. The molecule has 6 heteroatoms. The van der Waals surface area contributed by atoms with Crippen LogP contribution in [0.3, 0.4) is 0 Å². The number of methoxy groups -OCH3 is 1. The summed E-state index contributed by atoms with van der Waals surface area (Å²) in [6.07, 6.45) is 1.64. The largest absolute Gasteiger partial charge is 0.495 e. The van der Waals surface area contributed by atoms with Gasteiger partial charge in [-0.15, -0.1) is 0 Å². The van der Waals surface area contributed by atoms with Crippen LogP contribution in [0.2, 0.25) is 5.02 Å². The Morgan fingerprint density at radius 3 is 2.61 bits per heavy atom. The lowest BCUT2D eigenvalue weighted by atomic mass is 10.1. The van der Waals surface area contributed by atoms with Gasteiger partial charge in [-0.25, -0.2) is 5.43 Å². The van der Waals surface area contributed by atoms with Crippen molar-refractivity contribution in [3.05, 3.63) is 81.6 Å². The van der Waals surface area contributed by atoms with Gasteiger partial charge in [0.15, 0.2) is 0 Å². The van der Waals surface area contributed by atoms with Crippen LogP contribution in [-0.2, 0) is 0 Å². The van der Waals surface area contributed by atoms with Gasteiger partial charge >= 0.3 is 0 Å². The molecule has 0 aliphatic rings. The Morgan fingerprint density at radius 1 is 1.14 bits per heavy atom. The number of hydrogen-bond donors (Lipinski definition) is 1. The van der Waals surface area contributed by atoms with Crippen LogP contribution in [0.15, 0.2) is 53.6 Å². The third kappa shape index (κ3) is 3.94. The third-order valence-corrected chi connectivity index (χ3v) is 4.85. The van der Waals surface area contributed by atoms with Gasteiger partial charge in [-0.05, 0) is 56.7 Å². The van der Waals surface area contributed by atoms with Crippen LogP contribution in [0.4, 0.5) is 0 Å². The first kappa shape index (κ1) is 19.7. The molecule has 0 bridgehead atoms. The summed E-state index contributed by atoms with van der Waals surface area (Å²) in [5.74, 6) is 0.488. The quantitative estimate of drug-likeness (QED) is 0.497. The zero-order valence-corrected chi connectivity index (χ0v) is 17.0. The summed E-state index contributed by atoms with van der Waals surface area (Å²) >= 11 is 6.18. The predicted octanol–water partition coefficient (Wildman–Crippen LogP) is 4.83. The van der Waals surface area contributed by atoms with Crippen LogP contribution in [0.1, 0.15) is 32.9 Å². The zero-order valence-electron chi connectivity index (χ0n) is 16.3. The van der Waals surface area contributed by atoms with Gasteiger partial charge in [0.2, 0.25) is 0 Å². The van der Waals surface area contributed by atoms with Crippen LogP contribution < -0.4 is 10.2 Å². The van der Waals surface area contributed by atoms with E-state index in [0.717, 1.165) is 34.0 Å². The van der Waals surface area contributed by atoms with Crippen molar-refractivity contribution in [3.8, 4) is 11.4 Å². The van der Waals surface area contributed by atoms with Crippen molar-refractivity contribution in [3.63, 3.8) is 0 Å². The number of aromatic nitrogens is 1. The van der Waals surface area contributed by atoms with E-state index in [2.05, 4.69) is 15.1 Å². The molecule has 0 unspecified atom stereocenters. The molecule has 1 aromatic heterocycles. The minimum absolute atomic E-state index is 0.236. The molecular formula is C22H22ClN3O2. The second kappa shape index (κ2) is 8.31. The highest BCUT2D eigenvalue weighted by atomic mass is 35.5. The zero-order chi connectivity index (χ0) is 20.3. The predicted molar refractivity (Wildman–Crippen MR) is 113 cm³/mol. The second-order valence-electron chi connectivity index (χ2n) is 6.49. The van der Waals surface area contributed by atoms with Crippen molar-refractivity contribution in [1.29, 1.82) is 0 Å². The summed E-state index contributed by atoms with van der Waals surface area (Å²) in [7, 11) is 1.63. The fourth-order valence-corrected chi connectivity index (χ4v) is 3.34. The minimum Gasteiger partial charge on any atom is -0.495 e. The Labute approximate surface area is 169 Å². The lowest BCUT2D eigenvalue weighted by molar-refractivity contribution is 0.0954. The highest BCUT2D eigenvalue weighted by molar-refractivity contribution is 6.30. The molecule has 1 N–H and O–H groups in total. The van der Waals surface area contributed by atoms with Gasteiger partial charge in [-0.1, -0.05) is 29.8 Å². The molecule has 5 nitrogen and oxygen atoms in total. The molecular weight excluding hydrogens is 374 g/mol. The van der Waals surface area contributed by atoms with Crippen LogP contribution in [0.25, 0.3) is 5.69 Å². The van der Waals surface area contributed by atoms with Crippen molar-refractivity contribution in [2.24, 2.45) is 5.10 Å². The molecule has 0 spiro atoms. The van der Waals surface area contributed by atoms with Gasteiger partial charge < -0.3 is 9.30 Å². The number of carbonyl (C=O) groups is 1. The fraction of sp³-hybridized carbons (Fsp3) is 0.182. The van der Waals surface area contributed by atoms with Crippen molar-refractivity contribution in [2.45, 2.75) is 20.8 Å². The maximum absolute atomic E-state index is 12.3. The van der Waals surface area contributed by atoms with Gasteiger partial charge in [0.25, 0.3) is 5.91 Å². The summed E-state index contributed by atoms with van der Waals surface area (Å²) < 4.78 is 7.53. The number of benzene rings is 2. The van der Waals surface area contributed by atoms with E-state index in [9.17, 15) is 4.79 Å². The number of nitrogens with zero attached hydrogens (tertiary/aromatic N) is 2. The SMILES string of the molecule is COc1ccc(Cl)cc1-n1c(C)cc(/C=N/NC(=O)c2ccccc2C)c1C. The minimum atomic E-state index is -0.236. The number of aryl methyl sites for hydroxylation is 2. The van der Waals surface area contributed by atoms with E-state index in [4.69, 9.17) is 16.3 Å². The van der Waals surface area contributed by atoms with Gasteiger partial charge in [0.05, 0.1) is 19.0 Å². The Kier molecular flexibility index (Phi) is 5.85. The number of halogens is 1. The molecule has 2 aromatic carbocycles. The lowest BCUT2D eigenvalue weighted by Gasteiger charge is -2.14. The van der Waals surface area contributed by atoms with E-state index in [1.54, 1.807) is 25.5 Å². The lowest BCUT2D eigenvalue weighted by Crippen LogP contribution is -2.18. The molecule has 1 heterocycles. The van der Waals surface area contributed by atoms with Crippen molar-refractivity contribution < 1.29 is 9.53 Å². The van der Waals surface area contributed by atoms with Crippen LogP contribution in [0.5, 0.6) is 5.75 Å². The highest BCUT2D eigenvalue weighted by Crippen LogP contribution is 2.30. The Hall–Kier alpha value is -3.05. The fourth-order valence-electron chi connectivity index (χ4n) is 3.18. The first-order chi connectivity index (χ1) is 13.4. The second-order valence-corrected chi connectivity index (χ2v) is 6.93. The molecule has 0 aliphatic heterocycles. The maximum Gasteiger partial charge on any atom is 0.271 e. The van der Waals surface area contributed by atoms with Gasteiger partial charge in [0.1, 0.15) is 5.75 Å². The third-order valence-electron chi connectivity index (χ3n) is 4.61. The van der Waals surface area contributed by atoms with Gasteiger partial charge in [-0.3, -0.25) is 4.79 Å². The van der Waals surface area contributed by atoms with E-state index < -0.39 is 0 Å². The summed E-state index contributed by atoms with van der Waals surface area (Å²) in [5.41, 5.74) is 7.82. The molecule has 0 saturated carbocycles. The van der Waals surface area contributed by atoms with Crippen LogP contribution in [-0.4, -0.2) is 23.8 Å². The highest BCUT2D eigenvalue weighted by Gasteiger charge is 2.14. The van der Waals surface area contributed by atoms with E-state index in [-0.39, 0.29) is 5.91 Å². The monoisotopic (exact) mass is 395 g/mol. The van der Waals surface area contributed by atoms with Crippen molar-refractivity contribution in [2.75, 3.05) is 7.11 Å². The molecule has 0 atom stereocenters. The van der Waals surface area contributed by atoms with Gasteiger partial charge in [-0.2, -0.15) is 5.10 Å². The summed E-state index contributed by atoms with van der Waals surface area (Å²) in [4.78, 5) is 12.3. The molecule has 28 heavy (non-hydrogen) atoms. The number of amides is 1. The van der Waals surface area contributed by atoms with E-state index in [1.165, 1.54) is 0 Å². The first-order valence-corrected chi connectivity index (χ1v) is 9.22. The summed E-state index contributed by atoms with van der Waals surface area (Å²) in [5, 5.41) is 4.76. The number of ether oxygens (including phenoxy) is 1. The standard InChI is InChI=1S/C22H22ClN3O2/c1-14-7-5-6-8-19(14)22(27)25-24-13-17-11-15(2)26(16(17)3)20-12-18(23)9-10-21(20)28-4/h5-13H,1-4H3,(H,25,27)/b24-13+. The summed E-state index contributed by atoms with van der Waals surface area (Å²) in [6.45, 7) is 5.87. The molecule has 0 saturated heterocycles. The van der Waals surface area contributed by atoms with E-state index in [0.29, 0.717) is 10.6 Å². The molecule has 3 rings (SSSR count). The average Bonchev–Trinajstić information content (AvgIpc) is 2.95. The normalized spacial score (nSPS) is 11.0. The van der Waals surface area contributed by atoms with E-state index >= 15 is 0 Å². The van der Waals surface area contributed by atoms with Gasteiger partial charge in [0, 0.05) is 27.5 Å².